The molecule has 0 atom stereocenters. The Morgan fingerprint density at radius 3 is 1.93 bits per heavy atom. The first-order chi connectivity index (χ1) is 13.1. The molecule has 1 spiro atoms. The van der Waals surface area contributed by atoms with E-state index in [1.807, 2.05) is 19.1 Å². The number of fused-ring (bicyclic) bond motifs is 6. The number of hydrogen-bond acceptors (Lipinski definition) is 1. The molecule has 5 rings (SSSR count). The van der Waals surface area contributed by atoms with Crippen molar-refractivity contribution in [2.45, 2.75) is 12.3 Å². The molecule has 2 aliphatic rings. The third-order valence-corrected chi connectivity index (χ3v) is 5.58. The maximum atomic E-state index is 6.29. The van der Waals surface area contributed by atoms with E-state index in [1.165, 1.54) is 16.7 Å². The number of ether oxygens (including phenoxy) is 1. The Balaban J connectivity index is 2.00. The van der Waals surface area contributed by atoms with Gasteiger partial charge >= 0.3 is 0 Å². The molecule has 0 N–H and O–H groups in total. The molecule has 0 bridgehead atoms. The Labute approximate surface area is 159 Å². The van der Waals surface area contributed by atoms with E-state index in [4.69, 9.17) is 4.74 Å². The van der Waals surface area contributed by atoms with Gasteiger partial charge in [0.25, 0.3) is 0 Å². The molecule has 0 saturated carbocycles. The molecule has 0 aromatic heterocycles. The van der Waals surface area contributed by atoms with Crippen molar-refractivity contribution in [1.82, 2.24) is 0 Å². The molecule has 3 aromatic carbocycles. The fourth-order valence-electron chi connectivity index (χ4n) is 4.61. The molecule has 0 fully saturated rings. The van der Waals surface area contributed by atoms with Crippen molar-refractivity contribution in [3.05, 3.63) is 125 Å². The van der Waals surface area contributed by atoms with Crippen LogP contribution in [0.3, 0.4) is 0 Å². The van der Waals surface area contributed by atoms with Crippen LogP contribution in [0.4, 0.5) is 0 Å². The molecule has 0 amide bonds. The summed E-state index contributed by atoms with van der Waals surface area (Å²) in [6, 6.07) is 25.2. The molecule has 1 aliphatic heterocycles. The highest BCUT2D eigenvalue weighted by Crippen LogP contribution is 2.62. The third kappa shape index (κ3) is 2.00. The van der Waals surface area contributed by atoms with Gasteiger partial charge in [0, 0.05) is 11.1 Å². The second kappa shape index (κ2) is 5.59. The number of para-hydroxylation sites is 2. The number of rotatable bonds is 1. The quantitative estimate of drug-likeness (QED) is 0.478. The summed E-state index contributed by atoms with van der Waals surface area (Å²) in [6.07, 6.45) is 2.18. The van der Waals surface area contributed by atoms with Gasteiger partial charge in [-0.3, -0.25) is 0 Å². The SMILES string of the molecule is C=C(C)/C=C1\C(=C)c2ccccc2C12c1ccccc1Oc1ccccc12. The van der Waals surface area contributed by atoms with Crippen LogP contribution in [0.5, 0.6) is 11.5 Å². The minimum absolute atomic E-state index is 0.432. The van der Waals surface area contributed by atoms with E-state index in [9.17, 15) is 0 Å². The Morgan fingerprint density at radius 1 is 0.815 bits per heavy atom. The van der Waals surface area contributed by atoms with E-state index >= 15 is 0 Å². The lowest BCUT2D eigenvalue weighted by atomic mass is 9.65. The zero-order chi connectivity index (χ0) is 18.6. The van der Waals surface area contributed by atoms with Gasteiger partial charge in [-0.1, -0.05) is 85.5 Å². The van der Waals surface area contributed by atoms with E-state index in [-0.39, 0.29) is 0 Å². The lowest BCUT2D eigenvalue weighted by Crippen LogP contribution is -2.32. The van der Waals surface area contributed by atoms with Crippen molar-refractivity contribution in [3.8, 4) is 11.5 Å². The summed E-state index contributed by atoms with van der Waals surface area (Å²) in [5, 5.41) is 0. The molecular formula is C26H20O. The molecule has 1 nitrogen and oxygen atoms in total. The van der Waals surface area contributed by atoms with Crippen LogP contribution in [-0.4, -0.2) is 0 Å². The van der Waals surface area contributed by atoms with Gasteiger partial charge in [0.1, 0.15) is 11.5 Å². The van der Waals surface area contributed by atoms with Crippen molar-refractivity contribution in [3.63, 3.8) is 0 Å². The topological polar surface area (TPSA) is 9.23 Å². The van der Waals surface area contributed by atoms with Crippen LogP contribution in [0.1, 0.15) is 29.2 Å². The molecule has 0 saturated heterocycles. The van der Waals surface area contributed by atoms with E-state index in [2.05, 4.69) is 79.9 Å². The zero-order valence-corrected chi connectivity index (χ0v) is 15.3. The maximum Gasteiger partial charge on any atom is 0.132 e. The number of hydrogen-bond donors (Lipinski definition) is 0. The maximum absolute atomic E-state index is 6.29. The van der Waals surface area contributed by atoms with Crippen molar-refractivity contribution < 1.29 is 4.74 Å². The van der Waals surface area contributed by atoms with Gasteiger partial charge < -0.3 is 4.74 Å². The summed E-state index contributed by atoms with van der Waals surface area (Å²) in [5.74, 6) is 1.79. The minimum atomic E-state index is -0.432. The fraction of sp³-hybridized carbons (Fsp3) is 0.0769. The average molecular weight is 348 g/mol. The highest BCUT2D eigenvalue weighted by Gasteiger charge is 2.52. The fourth-order valence-corrected chi connectivity index (χ4v) is 4.61. The van der Waals surface area contributed by atoms with Crippen LogP contribution >= 0.6 is 0 Å². The van der Waals surface area contributed by atoms with E-state index in [0.717, 1.165) is 33.8 Å². The van der Waals surface area contributed by atoms with Crippen LogP contribution in [0.2, 0.25) is 0 Å². The normalized spacial score (nSPS) is 17.2. The second-order valence-electron chi connectivity index (χ2n) is 7.27. The number of allylic oxidation sites excluding steroid dienone is 4. The largest absolute Gasteiger partial charge is 0.457 e. The highest BCUT2D eigenvalue weighted by molar-refractivity contribution is 5.95. The van der Waals surface area contributed by atoms with Gasteiger partial charge in [-0.05, 0) is 41.3 Å². The van der Waals surface area contributed by atoms with E-state index in [1.54, 1.807) is 0 Å². The average Bonchev–Trinajstić information content (AvgIpc) is 2.92. The summed E-state index contributed by atoms with van der Waals surface area (Å²) in [7, 11) is 0. The van der Waals surface area contributed by atoms with Crippen molar-refractivity contribution >= 4 is 5.57 Å². The highest BCUT2D eigenvalue weighted by atomic mass is 16.5. The summed E-state index contributed by atoms with van der Waals surface area (Å²) in [6.45, 7) is 10.7. The summed E-state index contributed by atoms with van der Waals surface area (Å²) >= 11 is 0. The van der Waals surface area contributed by atoms with Crippen molar-refractivity contribution in [2.24, 2.45) is 0 Å². The van der Waals surface area contributed by atoms with Crippen LogP contribution in [-0.2, 0) is 5.41 Å². The lowest BCUT2D eigenvalue weighted by molar-refractivity contribution is 0.436. The minimum Gasteiger partial charge on any atom is -0.457 e. The first-order valence-corrected chi connectivity index (χ1v) is 9.17. The lowest BCUT2D eigenvalue weighted by Gasteiger charge is -2.39. The first kappa shape index (κ1) is 15.9. The molecule has 3 aromatic rings. The Morgan fingerprint density at radius 2 is 1.33 bits per heavy atom. The Kier molecular flexibility index (Phi) is 3.29. The van der Waals surface area contributed by atoms with E-state index in [0.29, 0.717) is 0 Å². The van der Waals surface area contributed by atoms with Gasteiger partial charge in [0.05, 0.1) is 5.41 Å². The monoisotopic (exact) mass is 348 g/mol. The van der Waals surface area contributed by atoms with E-state index < -0.39 is 5.41 Å². The summed E-state index contributed by atoms with van der Waals surface area (Å²) in [5.41, 5.74) is 7.57. The second-order valence-corrected chi connectivity index (χ2v) is 7.27. The predicted octanol–water partition coefficient (Wildman–Crippen LogP) is 6.66. The standard InChI is InChI=1S/C26H20O/c1-17(2)16-23-18(3)19-10-4-5-11-20(19)26(23)21-12-6-8-14-24(21)27-25-15-9-7-13-22(25)26/h4-16H,1,3H2,2H3/b23-16+. The van der Waals surface area contributed by atoms with Crippen molar-refractivity contribution in [1.29, 1.82) is 0 Å². The number of benzene rings is 3. The predicted molar refractivity (Wildman–Crippen MR) is 111 cm³/mol. The van der Waals surface area contributed by atoms with Gasteiger partial charge in [-0.2, -0.15) is 0 Å². The summed E-state index contributed by atoms with van der Waals surface area (Å²) in [4.78, 5) is 0. The molecule has 1 aliphatic carbocycles. The van der Waals surface area contributed by atoms with Crippen LogP contribution in [0, 0.1) is 0 Å². The smallest absolute Gasteiger partial charge is 0.132 e. The third-order valence-electron chi connectivity index (χ3n) is 5.58. The van der Waals surface area contributed by atoms with Crippen molar-refractivity contribution in [2.75, 3.05) is 0 Å². The molecule has 0 radical (unpaired) electrons. The Bertz CT molecular complexity index is 1100. The Hall–Kier alpha value is -3.32. The molecule has 0 unspecified atom stereocenters. The van der Waals surface area contributed by atoms with Crippen LogP contribution in [0.25, 0.3) is 5.57 Å². The molecule has 27 heavy (non-hydrogen) atoms. The van der Waals surface area contributed by atoms with Gasteiger partial charge in [0.15, 0.2) is 0 Å². The van der Waals surface area contributed by atoms with Crippen LogP contribution in [0.15, 0.2) is 103 Å². The molecule has 130 valence electrons. The van der Waals surface area contributed by atoms with Gasteiger partial charge in [0.2, 0.25) is 0 Å². The van der Waals surface area contributed by atoms with Crippen LogP contribution < -0.4 is 4.74 Å². The first-order valence-electron chi connectivity index (χ1n) is 9.17. The summed E-state index contributed by atoms with van der Waals surface area (Å²) < 4.78 is 6.29. The molecule has 1 heteroatoms. The molecular weight excluding hydrogens is 328 g/mol. The zero-order valence-electron chi connectivity index (χ0n) is 15.3. The van der Waals surface area contributed by atoms with Gasteiger partial charge in [-0.15, -0.1) is 0 Å². The molecule has 1 heterocycles. The van der Waals surface area contributed by atoms with Gasteiger partial charge in [-0.25, -0.2) is 0 Å².